The Balaban J connectivity index is 1.97. The minimum atomic E-state index is -1.10. The number of carboxylic acid groups (broad SMARTS) is 1. The molecule has 148 valence electrons. The first kappa shape index (κ1) is 20.7. The first-order valence-corrected chi connectivity index (χ1v) is 8.99. The van der Waals surface area contributed by atoms with Gasteiger partial charge in [-0.1, -0.05) is 30.3 Å². The highest BCUT2D eigenvalue weighted by molar-refractivity contribution is 5.87. The molecule has 1 aliphatic rings. The molecular formula is C19H27N3O5. The van der Waals surface area contributed by atoms with Crippen molar-refractivity contribution >= 4 is 18.0 Å². The molecule has 1 heterocycles. The quantitative estimate of drug-likeness (QED) is 0.696. The van der Waals surface area contributed by atoms with Crippen molar-refractivity contribution in [2.75, 3.05) is 6.54 Å². The van der Waals surface area contributed by atoms with E-state index >= 15 is 0 Å². The van der Waals surface area contributed by atoms with Gasteiger partial charge in [0.15, 0.2) is 0 Å². The number of aliphatic carboxylic acids is 1. The van der Waals surface area contributed by atoms with Crippen molar-refractivity contribution in [2.45, 2.75) is 57.7 Å². The summed E-state index contributed by atoms with van der Waals surface area (Å²) in [6.45, 7) is 5.75. The Morgan fingerprint density at radius 2 is 1.93 bits per heavy atom. The molecule has 27 heavy (non-hydrogen) atoms. The fourth-order valence-corrected chi connectivity index (χ4v) is 2.91. The zero-order chi connectivity index (χ0) is 20.0. The predicted molar refractivity (Wildman–Crippen MR) is 98.8 cm³/mol. The van der Waals surface area contributed by atoms with E-state index < -0.39 is 35.7 Å². The lowest BCUT2D eigenvalue weighted by molar-refractivity contribution is -0.142. The monoisotopic (exact) mass is 377 g/mol. The molecule has 8 heteroatoms. The number of hydrogen-bond donors (Lipinski definition) is 3. The van der Waals surface area contributed by atoms with E-state index in [0.29, 0.717) is 19.4 Å². The van der Waals surface area contributed by atoms with E-state index in [1.165, 1.54) is 5.01 Å². The van der Waals surface area contributed by atoms with Crippen molar-refractivity contribution < 1.29 is 24.2 Å². The summed E-state index contributed by atoms with van der Waals surface area (Å²) in [7, 11) is 0. The highest BCUT2D eigenvalue weighted by Crippen LogP contribution is 2.16. The number of carboxylic acids is 1. The molecule has 1 aromatic rings. The topological polar surface area (TPSA) is 108 Å². The summed E-state index contributed by atoms with van der Waals surface area (Å²) >= 11 is 0. The van der Waals surface area contributed by atoms with Crippen molar-refractivity contribution in [1.82, 2.24) is 15.8 Å². The van der Waals surface area contributed by atoms with Gasteiger partial charge in [0.2, 0.25) is 5.91 Å². The molecule has 2 atom stereocenters. The van der Waals surface area contributed by atoms with Crippen LogP contribution in [-0.4, -0.2) is 52.3 Å². The molecule has 3 N–H and O–H groups in total. The van der Waals surface area contributed by atoms with Crippen LogP contribution in [0.4, 0.5) is 4.79 Å². The third-order valence-corrected chi connectivity index (χ3v) is 4.09. The second-order valence-electron chi connectivity index (χ2n) is 7.55. The maximum atomic E-state index is 12.6. The van der Waals surface area contributed by atoms with E-state index in [0.717, 1.165) is 5.56 Å². The molecule has 0 bridgehead atoms. The number of carbonyl (C=O) groups is 3. The maximum Gasteiger partial charge on any atom is 0.422 e. The van der Waals surface area contributed by atoms with E-state index in [1.807, 2.05) is 30.3 Å². The summed E-state index contributed by atoms with van der Waals surface area (Å²) in [6, 6.07) is 7.44. The molecule has 1 unspecified atom stereocenters. The largest absolute Gasteiger partial charge is 0.480 e. The lowest BCUT2D eigenvalue weighted by Crippen LogP contribution is -2.55. The molecule has 0 saturated carbocycles. The summed E-state index contributed by atoms with van der Waals surface area (Å²) in [5.74, 6) is -1.52. The molecule has 1 aliphatic heterocycles. The van der Waals surface area contributed by atoms with Gasteiger partial charge in [0, 0.05) is 13.0 Å². The molecule has 8 nitrogen and oxygen atoms in total. The standard InChI is InChI=1S/C19H27N3O5/c1-19(2,3)27-18(26)21-22-11-7-10-15(22)16(23)20-14(17(24)25)12-13-8-5-4-6-9-13/h4-6,8-9,14-15H,7,10-12H2,1-3H3,(H,20,23)(H,21,26)(H,24,25)/t14-,15?/m0/s1. The zero-order valence-corrected chi connectivity index (χ0v) is 15.9. The van der Waals surface area contributed by atoms with Gasteiger partial charge in [0.25, 0.3) is 0 Å². The Bertz CT molecular complexity index is 672. The third-order valence-electron chi connectivity index (χ3n) is 4.09. The number of benzene rings is 1. The van der Waals surface area contributed by atoms with Gasteiger partial charge in [-0.3, -0.25) is 10.2 Å². The predicted octanol–water partition coefficient (Wildman–Crippen LogP) is 1.70. The second kappa shape index (κ2) is 8.85. The number of ether oxygens (including phenoxy) is 1. The molecule has 1 saturated heterocycles. The van der Waals surface area contributed by atoms with E-state index in [9.17, 15) is 19.5 Å². The van der Waals surface area contributed by atoms with Gasteiger partial charge in [0.05, 0.1) is 0 Å². The van der Waals surface area contributed by atoms with Crippen LogP contribution < -0.4 is 10.7 Å². The van der Waals surface area contributed by atoms with Crippen LogP contribution in [0.1, 0.15) is 39.2 Å². The molecule has 1 aromatic carbocycles. The van der Waals surface area contributed by atoms with Gasteiger partial charge < -0.3 is 15.2 Å². The summed E-state index contributed by atoms with van der Waals surface area (Å²) < 4.78 is 5.21. The Labute approximate surface area is 158 Å². The van der Waals surface area contributed by atoms with E-state index in [2.05, 4.69) is 10.7 Å². The Kier molecular flexibility index (Phi) is 6.79. The minimum Gasteiger partial charge on any atom is -0.480 e. The van der Waals surface area contributed by atoms with E-state index in [1.54, 1.807) is 20.8 Å². The van der Waals surface area contributed by atoms with Crippen LogP contribution in [0.25, 0.3) is 0 Å². The highest BCUT2D eigenvalue weighted by Gasteiger charge is 2.35. The number of nitrogens with one attached hydrogen (secondary N) is 2. The average Bonchev–Trinajstić information content (AvgIpc) is 3.01. The number of carbonyl (C=O) groups excluding carboxylic acids is 2. The fourth-order valence-electron chi connectivity index (χ4n) is 2.91. The zero-order valence-electron chi connectivity index (χ0n) is 15.9. The van der Waals surface area contributed by atoms with Gasteiger partial charge in [-0.2, -0.15) is 0 Å². The van der Waals surface area contributed by atoms with Crippen molar-refractivity contribution in [3.05, 3.63) is 35.9 Å². The normalized spacial score (nSPS) is 18.6. The number of nitrogens with zero attached hydrogens (tertiary/aromatic N) is 1. The van der Waals surface area contributed by atoms with E-state index in [-0.39, 0.29) is 6.42 Å². The molecule has 2 rings (SSSR count). The lowest BCUT2D eigenvalue weighted by atomic mass is 10.1. The van der Waals surface area contributed by atoms with Crippen molar-refractivity contribution in [2.24, 2.45) is 0 Å². The molecule has 0 radical (unpaired) electrons. The number of rotatable bonds is 6. The van der Waals surface area contributed by atoms with Crippen molar-refractivity contribution in [3.8, 4) is 0 Å². The third kappa shape index (κ3) is 6.56. The number of hydrazine groups is 1. The SMILES string of the molecule is CC(C)(C)OC(=O)NN1CCCC1C(=O)N[C@@H](Cc1ccccc1)C(=O)O. The summed E-state index contributed by atoms with van der Waals surface area (Å²) in [5, 5.41) is 13.5. The first-order chi connectivity index (χ1) is 12.7. The van der Waals surface area contributed by atoms with Gasteiger partial charge >= 0.3 is 12.1 Å². The molecule has 0 spiro atoms. The molecule has 2 amide bonds. The fraction of sp³-hybridized carbons (Fsp3) is 0.526. The van der Waals surface area contributed by atoms with Gasteiger partial charge in [-0.15, -0.1) is 0 Å². The summed E-state index contributed by atoms with van der Waals surface area (Å²) in [5.41, 5.74) is 2.76. The first-order valence-electron chi connectivity index (χ1n) is 8.99. The van der Waals surface area contributed by atoms with Crippen LogP contribution >= 0.6 is 0 Å². The molecule has 1 fully saturated rings. The van der Waals surface area contributed by atoms with Crippen molar-refractivity contribution in [1.29, 1.82) is 0 Å². The highest BCUT2D eigenvalue weighted by atomic mass is 16.6. The second-order valence-corrected chi connectivity index (χ2v) is 7.55. The Hall–Kier alpha value is -2.61. The van der Waals surface area contributed by atoms with Crippen LogP contribution in [0.2, 0.25) is 0 Å². The van der Waals surface area contributed by atoms with Crippen LogP contribution in [-0.2, 0) is 20.7 Å². The maximum absolute atomic E-state index is 12.6. The van der Waals surface area contributed by atoms with Crippen LogP contribution in [0, 0.1) is 0 Å². The smallest absolute Gasteiger partial charge is 0.422 e. The number of hydrogen-bond acceptors (Lipinski definition) is 5. The molecule has 0 aromatic heterocycles. The van der Waals surface area contributed by atoms with Gasteiger partial charge in [-0.05, 0) is 39.2 Å². The molecular weight excluding hydrogens is 350 g/mol. The molecule has 0 aliphatic carbocycles. The summed E-state index contributed by atoms with van der Waals surface area (Å²) in [4.78, 5) is 36.1. The van der Waals surface area contributed by atoms with Crippen LogP contribution in [0.15, 0.2) is 30.3 Å². The average molecular weight is 377 g/mol. The number of amides is 2. The Morgan fingerprint density at radius 1 is 1.26 bits per heavy atom. The van der Waals surface area contributed by atoms with Crippen LogP contribution in [0.3, 0.4) is 0 Å². The van der Waals surface area contributed by atoms with Gasteiger partial charge in [-0.25, -0.2) is 14.6 Å². The summed E-state index contributed by atoms with van der Waals surface area (Å²) in [6.07, 6.45) is 0.791. The van der Waals surface area contributed by atoms with Gasteiger partial charge in [0.1, 0.15) is 17.7 Å². The van der Waals surface area contributed by atoms with Crippen molar-refractivity contribution in [3.63, 3.8) is 0 Å². The van der Waals surface area contributed by atoms with E-state index in [4.69, 9.17) is 4.74 Å². The Morgan fingerprint density at radius 3 is 2.52 bits per heavy atom. The minimum absolute atomic E-state index is 0.189. The lowest BCUT2D eigenvalue weighted by Gasteiger charge is -2.27. The van der Waals surface area contributed by atoms with Crippen LogP contribution in [0.5, 0.6) is 0 Å².